The highest BCUT2D eigenvalue weighted by atomic mass is 16.2. The van der Waals surface area contributed by atoms with Gasteiger partial charge in [0.15, 0.2) is 0 Å². The van der Waals surface area contributed by atoms with Gasteiger partial charge in [-0.2, -0.15) is 0 Å². The first-order valence-corrected chi connectivity index (χ1v) is 9.12. The smallest absolute Gasteiger partial charge is 0.289 e. The first-order valence-electron chi connectivity index (χ1n) is 9.12. The zero-order valence-electron chi connectivity index (χ0n) is 14.8. The van der Waals surface area contributed by atoms with Crippen LogP contribution in [0, 0.1) is 0 Å². The van der Waals surface area contributed by atoms with Crippen molar-refractivity contribution in [2.45, 2.75) is 70.0 Å². The lowest BCUT2D eigenvalue weighted by molar-refractivity contribution is -0.144. The molecule has 0 radical (unpaired) electrons. The first kappa shape index (κ1) is 19.4. The number of hydrogen-bond acceptors (Lipinski definition) is 5. The first-order chi connectivity index (χ1) is 12.0. The maximum Gasteiger partial charge on any atom is 0.289 e. The van der Waals surface area contributed by atoms with Crippen LogP contribution >= 0.6 is 0 Å². The van der Waals surface area contributed by atoms with Crippen molar-refractivity contribution in [3.05, 3.63) is 0 Å². The number of amides is 3. The summed E-state index contributed by atoms with van der Waals surface area (Å²) in [5.74, 6) is -1.91. The fraction of sp³-hybridized carbons (Fsp3) is 0.765. The van der Waals surface area contributed by atoms with Crippen LogP contribution in [-0.2, 0) is 19.2 Å². The predicted molar refractivity (Wildman–Crippen MR) is 91.4 cm³/mol. The van der Waals surface area contributed by atoms with Gasteiger partial charge in [-0.3, -0.25) is 19.2 Å². The van der Waals surface area contributed by atoms with Crippen LogP contribution in [0.25, 0.3) is 0 Å². The number of likely N-dealkylation sites (tertiary alicyclic amines) is 1. The van der Waals surface area contributed by atoms with E-state index in [1.165, 1.54) is 4.90 Å². The number of piperidine rings is 1. The summed E-state index contributed by atoms with van der Waals surface area (Å²) in [4.78, 5) is 50.4. The number of Topliss-reactive ketones (excluding diaryl/α,β-unsaturated/α-hetero) is 1. The average molecular weight is 352 g/mol. The van der Waals surface area contributed by atoms with Gasteiger partial charge in [-0.15, -0.1) is 0 Å². The lowest BCUT2D eigenvalue weighted by atomic mass is 9.99. The molecule has 1 aliphatic heterocycles. The monoisotopic (exact) mass is 352 g/mol. The highest BCUT2D eigenvalue weighted by molar-refractivity contribution is 6.38. The van der Waals surface area contributed by atoms with E-state index in [9.17, 15) is 19.2 Å². The molecule has 140 valence electrons. The van der Waals surface area contributed by atoms with Crippen molar-refractivity contribution in [3.8, 4) is 0 Å². The fourth-order valence-corrected chi connectivity index (χ4v) is 3.09. The van der Waals surface area contributed by atoms with Crippen LogP contribution in [-0.4, -0.2) is 59.6 Å². The van der Waals surface area contributed by atoms with Crippen molar-refractivity contribution in [2.24, 2.45) is 5.73 Å². The van der Waals surface area contributed by atoms with Crippen molar-refractivity contribution in [1.29, 1.82) is 0 Å². The Morgan fingerprint density at radius 1 is 1.16 bits per heavy atom. The molecule has 0 aromatic rings. The highest BCUT2D eigenvalue weighted by Crippen LogP contribution is 2.19. The third kappa shape index (κ3) is 5.26. The number of rotatable bonds is 8. The van der Waals surface area contributed by atoms with E-state index in [1.807, 2.05) is 6.92 Å². The molecule has 8 heteroatoms. The minimum absolute atomic E-state index is 0.0884. The van der Waals surface area contributed by atoms with Crippen LogP contribution < -0.4 is 16.4 Å². The number of carbonyl (C=O) groups excluding carboxylic acids is 4. The van der Waals surface area contributed by atoms with Crippen LogP contribution in [0.15, 0.2) is 0 Å². The van der Waals surface area contributed by atoms with Gasteiger partial charge in [0.05, 0.1) is 12.6 Å². The van der Waals surface area contributed by atoms with Crippen molar-refractivity contribution < 1.29 is 19.2 Å². The number of nitrogens with two attached hydrogens (primary N) is 1. The molecule has 1 saturated heterocycles. The number of nitrogens with zero attached hydrogens (tertiary/aromatic N) is 1. The summed E-state index contributed by atoms with van der Waals surface area (Å²) in [6, 6.07) is -1.39. The molecule has 1 heterocycles. The van der Waals surface area contributed by atoms with Crippen molar-refractivity contribution in [1.82, 2.24) is 15.5 Å². The van der Waals surface area contributed by atoms with Crippen LogP contribution in [0.1, 0.15) is 51.9 Å². The second-order valence-corrected chi connectivity index (χ2v) is 6.76. The zero-order valence-corrected chi connectivity index (χ0v) is 14.8. The normalized spacial score (nSPS) is 21.4. The summed E-state index contributed by atoms with van der Waals surface area (Å²) in [7, 11) is 0. The molecule has 1 aliphatic carbocycles. The molecule has 0 aromatic carbocycles. The average Bonchev–Trinajstić information content (AvgIpc) is 3.43. The molecule has 2 fully saturated rings. The molecule has 8 nitrogen and oxygen atoms in total. The molecule has 25 heavy (non-hydrogen) atoms. The Labute approximate surface area is 147 Å². The second kappa shape index (κ2) is 8.94. The predicted octanol–water partition coefficient (Wildman–Crippen LogP) is -0.541. The van der Waals surface area contributed by atoms with E-state index < -0.39 is 23.8 Å². The van der Waals surface area contributed by atoms with Crippen molar-refractivity contribution in [3.63, 3.8) is 0 Å². The molecule has 1 saturated carbocycles. The van der Waals surface area contributed by atoms with E-state index in [-0.39, 0.29) is 24.4 Å². The van der Waals surface area contributed by atoms with E-state index in [2.05, 4.69) is 10.6 Å². The minimum atomic E-state index is -0.854. The van der Waals surface area contributed by atoms with Crippen molar-refractivity contribution >= 4 is 23.5 Å². The minimum Gasteiger partial charge on any atom is -0.347 e. The number of nitrogens with one attached hydrogen (secondary N) is 2. The number of carbonyl (C=O) groups is 4. The van der Waals surface area contributed by atoms with Crippen LogP contribution in [0.5, 0.6) is 0 Å². The SMILES string of the molecule is CCCC(NC(=O)C1CCCCN1C(=O)CN)C(=O)C(=O)NC1CC1. The fourth-order valence-electron chi connectivity index (χ4n) is 3.09. The molecular formula is C17H28N4O4. The molecular weight excluding hydrogens is 324 g/mol. The van der Waals surface area contributed by atoms with E-state index in [0.717, 1.165) is 25.7 Å². The number of hydrogen-bond donors (Lipinski definition) is 3. The van der Waals surface area contributed by atoms with Crippen LogP contribution in [0.4, 0.5) is 0 Å². The standard InChI is InChI=1S/C17H28N4O4/c1-2-5-12(15(23)17(25)19-11-7-8-11)20-16(24)13-6-3-4-9-21(13)14(22)10-18/h11-13H,2-10,18H2,1H3,(H,19,25)(H,20,24). The Morgan fingerprint density at radius 3 is 2.48 bits per heavy atom. The molecule has 4 N–H and O–H groups in total. The third-order valence-electron chi connectivity index (χ3n) is 4.65. The Morgan fingerprint density at radius 2 is 1.88 bits per heavy atom. The van der Waals surface area contributed by atoms with Gasteiger partial charge in [-0.25, -0.2) is 0 Å². The molecule has 2 aliphatic rings. The van der Waals surface area contributed by atoms with Crippen LogP contribution in [0.3, 0.4) is 0 Å². The van der Waals surface area contributed by atoms with Gasteiger partial charge in [-0.1, -0.05) is 13.3 Å². The molecule has 2 unspecified atom stereocenters. The second-order valence-electron chi connectivity index (χ2n) is 6.76. The van der Waals surface area contributed by atoms with Gasteiger partial charge in [0.1, 0.15) is 6.04 Å². The largest absolute Gasteiger partial charge is 0.347 e. The maximum absolute atomic E-state index is 12.6. The Hall–Kier alpha value is -1.96. The van der Waals surface area contributed by atoms with E-state index in [1.54, 1.807) is 0 Å². The molecule has 0 aromatic heterocycles. The quantitative estimate of drug-likeness (QED) is 0.507. The molecule has 3 amide bonds. The summed E-state index contributed by atoms with van der Waals surface area (Å²) < 4.78 is 0. The van der Waals surface area contributed by atoms with Gasteiger partial charge in [0, 0.05) is 12.6 Å². The summed E-state index contributed by atoms with van der Waals surface area (Å²) in [5.41, 5.74) is 5.42. The number of ketones is 1. The van der Waals surface area contributed by atoms with Gasteiger partial charge in [0.2, 0.25) is 17.6 Å². The van der Waals surface area contributed by atoms with Gasteiger partial charge in [-0.05, 0) is 38.5 Å². The van der Waals surface area contributed by atoms with Crippen molar-refractivity contribution in [2.75, 3.05) is 13.1 Å². The Kier molecular flexibility index (Phi) is 6.92. The van der Waals surface area contributed by atoms with E-state index >= 15 is 0 Å². The lowest BCUT2D eigenvalue weighted by Crippen LogP contribution is -2.57. The van der Waals surface area contributed by atoms with E-state index in [4.69, 9.17) is 5.73 Å². The summed E-state index contributed by atoms with van der Waals surface area (Å²) in [5, 5.41) is 5.35. The Bertz CT molecular complexity index is 533. The molecule has 0 bridgehead atoms. The van der Waals surface area contributed by atoms with Gasteiger partial charge < -0.3 is 21.3 Å². The van der Waals surface area contributed by atoms with Gasteiger partial charge in [0.25, 0.3) is 5.91 Å². The van der Waals surface area contributed by atoms with E-state index in [0.29, 0.717) is 25.8 Å². The molecule has 2 atom stereocenters. The lowest BCUT2D eigenvalue weighted by Gasteiger charge is -2.35. The van der Waals surface area contributed by atoms with Crippen LogP contribution in [0.2, 0.25) is 0 Å². The Balaban J connectivity index is 2.00. The highest BCUT2D eigenvalue weighted by Gasteiger charge is 2.35. The summed E-state index contributed by atoms with van der Waals surface area (Å²) in [6.07, 6.45) is 5.03. The summed E-state index contributed by atoms with van der Waals surface area (Å²) >= 11 is 0. The topological polar surface area (TPSA) is 122 Å². The third-order valence-corrected chi connectivity index (χ3v) is 4.65. The zero-order chi connectivity index (χ0) is 18.4. The maximum atomic E-state index is 12.6. The van der Waals surface area contributed by atoms with Gasteiger partial charge >= 0.3 is 0 Å². The molecule has 0 spiro atoms. The summed E-state index contributed by atoms with van der Waals surface area (Å²) in [6.45, 7) is 2.23. The molecule has 2 rings (SSSR count).